The van der Waals surface area contributed by atoms with E-state index in [0.717, 1.165) is 6.08 Å². The first kappa shape index (κ1) is 35.0. The number of nitrogens with one attached hydrogen (secondary N) is 3. The zero-order valence-electron chi connectivity index (χ0n) is 25.7. The smallest absolute Gasteiger partial charge is 0.317 e. The topological polar surface area (TPSA) is 99.5 Å². The Morgan fingerprint density at radius 1 is 1.28 bits per heavy atom. The van der Waals surface area contributed by atoms with E-state index in [-0.39, 0.29) is 51.5 Å². The average Bonchev–Trinajstić information content (AvgIpc) is 3.15. The van der Waals surface area contributed by atoms with Crippen LogP contribution in [-0.4, -0.2) is 59.6 Å². The molecule has 11 heteroatoms. The molecule has 0 spiro atoms. The van der Waals surface area contributed by atoms with Gasteiger partial charge >= 0.3 is 6.03 Å². The Labute approximate surface area is 264 Å². The second-order valence-electron chi connectivity index (χ2n) is 13.1. The normalized spacial score (nSPS) is 25.7. The Balaban J connectivity index is 1.97. The summed E-state index contributed by atoms with van der Waals surface area (Å²) in [6.45, 7) is 14.4. The highest BCUT2D eigenvalue weighted by atomic mass is 35.5. The first-order valence-electron chi connectivity index (χ1n) is 14.7. The zero-order chi connectivity index (χ0) is 32.1. The van der Waals surface area contributed by atoms with E-state index in [1.54, 1.807) is 17.0 Å². The van der Waals surface area contributed by atoms with Gasteiger partial charge in [-0.3, -0.25) is 4.79 Å². The average molecular weight is 641 g/mol. The lowest BCUT2D eigenvalue weighted by atomic mass is 9.70. The summed E-state index contributed by atoms with van der Waals surface area (Å²) in [6.07, 6.45) is 5.36. The van der Waals surface area contributed by atoms with E-state index in [1.807, 2.05) is 34.6 Å². The Kier molecular flexibility index (Phi) is 11.8. The molecule has 0 aliphatic carbocycles. The summed E-state index contributed by atoms with van der Waals surface area (Å²) in [5.74, 6) is -2.63. The first-order valence-corrected chi connectivity index (χ1v) is 15.5. The van der Waals surface area contributed by atoms with Crippen LogP contribution in [0.3, 0.4) is 0 Å². The Morgan fingerprint density at radius 3 is 2.51 bits per heavy atom. The molecule has 1 aromatic rings. The number of hydrogen-bond donors (Lipinski definition) is 4. The van der Waals surface area contributed by atoms with Crippen LogP contribution in [0.2, 0.25) is 5.02 Å². The molecule has 2 aliphatic heterocycles. The summed E-state index contributed by atoms with van der Waals surface area (Å²) in [5.41, 5.74) is 5.60. The van der Waals surface area contributed by atoms with Crippen molar-refractivity contribution in [3.8, 4) is 0 Å². The van der Waals surface area contributed by atoms with E-state index < -0.39 is 35.2 Å². The van der Waals surface area contributed by atoms with Gasteiger partial charge in [0.05, 0.1) is 11.1 Å². The number of benzene rings is 1. The van der Waals surface area contributed by atoms with Gasteiger partial charge in [0, 0.05) is 54.1 Å². The summed E-state index contributed by atoms with van der Waals surface area (Å²) in [6, 6.07) is 2.73. The van der Waals surface area contributed by atoms with Crippen molar-refractivity contribution in [3.05, 3.63) is 70.3 Å². The highest BCUT2D eigenvalue weighted by Crippen LogP contribution is 2.47. The summed E-state index contributed by atoms with van der Waals surface area (Å²) in [5, 5.41) is 9.38. The standard InChI is InChI=1S/C32H45Cl2F2N5O2/c1-7-9-20(33)16-21(35)17-32(37)25(18-31(4,5)6)40-28(26(32)23-10-8-11-24(34)27(23)36)29(42)39-22-12-14-41(15-13-22)30(43)38-19(2)3/h7-11,16,19,22,25-26,28,40H,1,12-15,17-18,37H2,2-6H3,(H,38,43)(H,39,42)/b20-9+,21-16+/t25-,26-,28+,32+/m0/s1. The van der Waals surface area contributed by atoms with Gasteiger partial charge in [0.25, 0.3) is 0 Å². The molecule has 0 unspecified atom stereocenters. The van der Waals surface area contributed by atoms with Gasteiger partial charge < -0.3 is 26.6 Å². The van der Waals surface area contributed by atoms with Crippen molar-refractivity contribution in [2.24, 2.45) is 11.1 Å². The molecule has 0 bridgehead atoms. The van der Waals surface area contributed by atoms with Crippen LogP contribution in [0, 0.1) is 11.2 Å². The van der Waals surface area contributed by atoms with Crippen molar-refractivity contribution in [1.29, 1.82) is 0 Å². The number of nitrogens with zero attached hydrogens (tertiary/aromatic N) is 1. The monoisotopic (exact) mass is 639 g/mol. The molecule has 238 valence electrons. The van der Waals surface area contributed by atoms with E-state index in [0.29, 0.717) is 32.4 Å². The third kappa shape index (κ3) is 9.03. The molecule has 0 aromatic heterocycles. The Bertz CT molecular complexity index is 1240. The predicted molar refractivity (Wildman–Crippen MR) is 170 cm³/mol. The molecule has 2 saturated heterocycles. The van der Waals surface area contributed by atoms with Crippen LogP contribution in [0.4, 0.5) is 13.6 Å². The van der Waals surface area contributed by atoms with Crippen LogP contribution < -0.4 is 21.7 Å². The summed E-state index contributed by atoms with van der Waals surface area (Å²) >= 11 is 12.3. The number of amides is 3. The third-order valence-corrected chi connectivity index (χ3v) is 8.47. The number of allylic oxidation sites excluding steroid dienone is 4. The second kappa shape index (κ2) is 14.5. The van der Waals surface area contributed by atoms with Crippen LogP contribution in [0.25, 0.3) is 0 Å². The number of nitrogens with two attached hydrogens (primary N) is 1. The second-order valence-corrected chi connectivity index (χ2v) is 14.0. The van der Waals surface area contributed by atoms with Crippen molar-refractivity contribution in [2.75, 3.05) is 13.1 Å². The number of halogens is 4. The zero-order valence-corrected chi connectivity index (χ0v) is 27.2. The number of carbonyl (C=O) groups excluding carboxylic acids is 2. The molecular formula is C32H45Cl2F2N5O2. The van der Waals surface area contributed by atoms with Crippen LogP contribution >= 0.6 is 23.2 Å². The molecule has 7 nitrogen and oxygen atoms in total. The Morgan fingerprint density at radius 2 is 1.93 bits per heavy atom. The fourth-order valence-corrected chi connectivity index (χ4v) is 6.45. The van der Waals surface area contributed by atoms with Gasteiger partial charge in [-0.15, -0.1) is 0 Å². The highest BCUT2D eigenvalue weighted by molar-refractivity contribution is 6.31. The van der Waals surface area contributed by atoms with Gasteiger partial charge in [-0.25, -0.2) is 13.6 Å². The summed E-state index contributed by atoms with van der Waals surface area (Å²) < 4.78 is 31.2. The quantitative estimate of drug-likeness (QED) is 0.239. The van der Waals surface area contributed by atoms with E-state index in [2.05, 4.69) is 22.5 Å². The minimum absolute atomic E-state index is 0.0217. The molecule has 2 heterocycles. The maximum absolute atomic E-state index is 15.7. The maximum atomic E-state index is 15.7. The van der Waals surface area contributed by atoms with Gasteiger partial charge in [-0.05, 0) is 62.3 Å². The minimum atomic E-state index is -1.43. The molecule has 43 heavy (non-hydrogen) atoms. The maximum Gasteiger partial charge on any atom is 0.317 e. The first-order chi connectivity index (χ1) is 20.1. The summed E-state index contributed by atoms with van der Waals surface area (Å²) in [4.78, 5) is 28.1. The fourth-order valence-electron chi connectivity index (χ4n) is 6.06. The van der Waals surface area contributed by atoms with Crippen LogP contribution in [0.15, 0.2) is 53.9 Å². The molecule has 2 aliphatic rings. The molecule has 1 aromatic carbocycles. The molecular weight excluding hydrogens is 595 g/mol. The van der Waals surface area contributed by atoms with Crippen molar-refractivity contribution in [1.82, 2.24) is 20.9 Å². The van der Waals surface area contributed by atoms with Gasteiger partial charge in [0.15, 0.2) is 0 Å². The molecule has 5 N–H and O–H groups in total. The number of urea groups is 1. The number of carbonyl (C=O) groups is 2. The number of rotatable bonds is 9. The fraction of sp³-hybridized carbons (Fsp3) is 0.562. The largest absolute Gasteiger partial charge is 0.352 e. The van der Waals surface area contributed by atoms with E-state index in [1.165, 1.54) is 18.2 Å². The van der Waals surface area contributed by atoms with E-state index in [9.17, 15) is 9.59 Å². The van der Waals surface area contributed by atoms with Crippen molar-refractivity contribution >= 4 is 35.1 Å². The number of piperidine rings is 1. The molecule has 0 radical (unpaired) electrons. The predicted octanol–water partition coefficient (Wildman–Crippen LogP) is 6.29. The lowest BCUT2D eigenvalue weighted by Gasteiger charge is -2.39. The van der Waals surface area contributed by atoms with Crippen molar-refractivity contribution < 1.29 is 18.4 Å². The molecule has 0 saturated carbocycles. The van der Waals surface area contributed by atoms with Gasteiger partial charge in [-0.1, -0.05) is 68.8 Å². The number of likely N-dealkylation sites (tertiary alicyclic amines) is 1. The van der Waals surface area contributed by atoms with E-state index >= 15 is 8.78 Å². The van der Waals surface area contributed by atoms with Crippen molar-refractivity contribution in [3.63, 3.8) is 0 Å². The van der Waals surface area contributed by atoms with E-state index in [4.69, 9.17) is 28.9 Å². The lowest BCUT2D eigenvalue weighted by molar-refractivity contribution is -0.124. The minimum Gasteiger partial charge on any atom is -0.352 e. The number of hydrogen-bond acceptors (Lipinski definition) is 4. The van der Waals surface area contributed by atoms with Crippen LogP contribution in [0.1, 0.15) is 71.8 Å². The highest BCUT2D eigenvalue weighted by Gasteiger charge is 2.57. The SMILES string of the molecule is C=C/C=C(Cl)\C=C(\F)C[C@@]1(N)[C@H](CC(C)(C)C)N[C@@H](C(=O)NC2CCN(C(=O)NC(C)C)CC2)[C@@H]1c1cccc(Cl)c1F. The summed E-state index contributed by atoms with van der Waals surface area (Å²) in [7, 11) is 0. The van der Waals surface area contributed by atoms with Gasteiger partial charge in [-0.2, -0.15) is 0 Å². The molecule has 2 fully saturated rings. The Hall–Kier alpha value is -2.46. The third-order valence-electron chi connectivity index (χ3n) is 7.94. The lowest BCUT2D eigenvalue weighted by Crippen LogP contribution is -2.55. The molecule has 4 atom stereocenters. The van der Waals surface area contributed by atoms with Gasteiger partial charge in [0.1, 0.15) is 11.6 Å². The van der Waals surface area contributed by atoms with Crippen molar-refractivity contribution in [2.45, 2.75) is 95.9 Å². The molecule has 3 amide bonds. The van der Waals surface area contributed by atoms with Gasteiger partial charge in [0.2, 0.25) is 5.91 Å². The van der Waals surface area contributed by atoms with Crippen LogP contribution in [-0.2, 0) is 4.79 Å². The molecule has 3 rings (SSSR count). The van der Waals surface area contributed by atoms with Crippen LogP contribution in [0.5, 0.6) is 0 Å².